The predicted molar refractivity (Wildman–Crippen MR) is 94.4 cm³/mol. The van der Waals surface area contributed by atoms with Gasteiger partial charge in [0.05, 0.1) is 6.10 Å². The average molecular weight is 340 g/mol. The maximum absolute atomic E-state index is 10.2. The van der Waals surface area contributed by atoms with E-state index < -0.39 is 0 Å². The number of rotatable bonds is 1. The number of aliphatic hydroxyl groups excluding tert-OH is 1. The lowest BCUT2D eigenvalue weighted by Crippen LogP contribution is -2.45. The van der Waals surface area contributed by atoms with E-state index in [1.54, 1.807) is 0 Å². The van der Waals surface area contributed by atoms with E-state index in [-0.39, 0.29) is 17.3 Å². The number of ether oxygens (including phenoxy) is 1. The molecule has 1 heterocycles. The molecule has 6 rings (SSSR count). The summed E-state index contributed by atoms with van der Waals surface area (Å²) in [6.45, 7) is 2.33. The lowest BCUT2D eigenvalue weighted by molar-refractivity contribution is 0.0217. The lowest BCUT2D eigenvalue weighted by atomic mass is 9.55. The van der Waals surface area contributed by atoms with Gasteiger partial charge in [0.1, 0.15) is 17.0 Å². The number of epoxide rings is 1. The lowest BCUT2D eigenvalue weighted by Gasteiger charge is -2.49. The molecule has 134 valence electrons. The standard InChI is InChI=1S/C22H28O3/c1-2-12-7-13-8-15(23)3-4-17(13)18-5-6-21-19(20(12)18)10-14-9-16(24)11-22(14,21)25-21/h3-4,8,12,14,16,18-20,23-24H,2,5-7,9-11H2,1H3/t12-,14-,16+,18?,19?,20?,21-,22+/m1/s1. The Morgan fingerprint density at radius 2 is 2.12 bits per heavy atom. The average Bonchev–Trinajstić information content (AvgIpc) is 2.96. The molecule has 0 bridgehead atoms. The normalized spacial score (nSPS) is 51.9. The molecule has 25 heavy (non-hydrogen) atoms. The third-order valence-corrected chi connectivity index (χ3v) is 8.76. The SMILES string of the molecule is CC[C@@H]1Cc2cc(O)ccc2C2CC[C@]34O[C@]35C[C@@H](O)C[C@@H]5CC4C21. The summed E-state index contributed by atoms with van der Waals surface area (Å²) in [5, 5.41) is 20.1. The predicted octanol–water partition coefficient (Wildman–Crippen LogP) is 3.77. The molecule has 2 spiro atoms. The number of aliphatic hydroxyl groups is 1. The second kappa shape index (κ2) is 4.61. The van der Waals surface area contributed by atoms with Gasteiger partial charge in [0.15, 0.2) is 0 Å². The number of phenols is 1. The van der Waals surface area contributed by atoms with E-state index in [9.17, 15) is 10.2 Å². The molecule has 3 nitrogen and oxygen atoms in total. The number of fused-ring (bicyclic) bond motifs is 4. The minimum absolute atomic E-state index is 0.0373. The fourth-order valence-corrected chi connectivity index (χ4v) is 7.98. The number of hydrogen-bond donors (Lipinski definition) is 2. The zero-order valence-corrected chi connectivity index (χ0v) is 14.9. The van der Waals surface area contributed by atoms with Crippen LogP contribution in [0.3, 0.4) is 0 Å². The molecular formula is C22H28O3. The minimum atomic E-state index is -0.139. The van der Waals surface area contributed by atoms with Crippen LogP contribution in [-0.2, 0) is 11.2 Å². The van der Waals surface area contributed by atoms with Crippen LogP contribution in [0.15, 0.2) is 18.2 Å². The van der Waals surface area contributed by atoms with E-state index in [2.05, 4.69) is 13.0 Å². The van der Waals surface area contributed by atoms with Gasteiger partial charge in [0.2, 0.25) is 0 Å². The van der Waals surface area contributed by atoms with E-state index in [4.69, 9.17) is 4.74 Å². The van der Waals surface area contributed by atoms with Crippen molar-refractivity contribution in [3.8, 4) is 5.75 Å². The fourth-order valence-electron chi connectivity index (χ4n) is 7.98. The number of hydrogen-bond acceptors (Lipinski definition) is 3. The first-order chi connectivity index (χ1) is 12.1. The molecule has 2 N–H and O–H groups in total. The van der Waals surface area contributed by atoms with Gasteiger partial charge in [0.25, 0.3) is 0 Å². The quantitative estimate of drug-likeness (QED) is 0.765. The molecule has 1 saturated heterocycles. The van der Waals surface area contributed by atoms with Crippen LogP contribution < -0.4 is 0 Å². The minimum Gasteiger partial charge on any atom is -0.508 e. The van der Waals surface area contributed by atoms with Crippen molar-refractivity contribution in [1.82, 2.24) is 0 Å². The number of aromatic hydroxyl groups is 1. The maximum atomic E-state index is 10.2. The van der Waals surface area contributed by atoms with Gasteiger partial charge in [-0.1, -0.05) is 19.4 Å². The van der Waals surface area contributed by atoms with Crippen molar-refractivity contribution in [3.05, 3.63) is 29.3 Å². The summed E-state index contributed by atoms with van der Waals surface area (Å²) < 4.78 is 6.58. The summed E-state index contributed by atoms with van der Waals surface area (Å²) in [5.74, 6) is 3.73. The number of phenolic OH excluding ortho intramolecular Hbond substituents is 1. The molecule has 0 aromatic heterocycles. The molecule has 8 atom stereocenters. The van der Waals surface area contributed by atoms with Crippen LogP contribution >= 0.6 is 0 Å². The van der Waals surface area contributed by atoms with Gasteiger partial charge in [-0.3, -0.25) is 0 Å². The second-order valence-corrected chi connectivity index (χ2v) is 9.49. The first-order valence-corrected chi connectivity index (χ1v) is 10.3. The Bertz CT molecular complexity index is 745. The zero-order chi connectivity index (χ0) is 17.0. The summed E-state index contributed by atoms with van der Waals surface area (Å²) in [4.78, 5) is 0. The molecule has 1 aromatic carbocycles. The Labute approximate surface area is 149 Å². The molecule has 1 aliphatic heterocycles. The van der Waals surface area contributed by atoms with E-state index in [0.717, 1.165) is 25.2 Å². The van der Waals surface area contributed by atoms with Crippen molar-refractivity contribution < 1.29 is 14.9 Å². The summed E-state index contributed by atoms with van der Waals surface area (Å²) in [6, 6.07) is 6.07. The molecular weight excluding hydrogens is 312 g/mol. The highest BCUT2D eigenvalue weighted by atomic mass is 16.6. The van der Waals surface area contributed by atoms with Crippen LogP contribution in [0, 0.1) is 23.7 Å². The molecule has 3 unspecified atom stereocenters. The van der Waals surface area contributed by atoms with Gasteiger partial charge in [-0.05, 0) is 85.0 Å². The van der Waals surface area contributed by atoms with Crippen LogP contribution in [0.4, 0.5) is 0 Å². The van der Waals surface area contributed by atoms with Crippen molar-refractivity contribution >= 4 is 0 Å². The van der Waals surface area contributed by atoms with Gasteiger partial charge in [-0.2, -0.15) is 0 Å². The van der Waals surface area contributed by atoms with Crippen molar-refractivity contribution in [2.45, 2.75) is 75.1 Å². The maximum Gasteiger partial charge on any atom is 0.115 e. The van der Waals surface area contributed by atoms with Crippen molar-refractivity contribution in [2.75, 3.05) is 0 Å². The van der Waals surface area contributed by atoms with Gasteiger partial charge in [0, 0.05) is 6.42 Å². The van der Waals surface area contributed by atoms with Crippen LogP contribution in [0.2, 0.25) is 0 Å². The highest BCUT2D eigenvalue weighted by Gasteiger charge is 2.83. The van der Waals surface area contributed by atoms with Gasteiger partial charge < -0.3 is 14.9 Å². The van der Waals surface area contributed by atoms with E-state index in [1.165, 1.54) is 36.8 Å². The Kier molecular flexibility index (Phi) is 2.77. The molecule has 0 radical (unpaired) electrons. The van der Waals surface area contributed by atoms with Crippen molar-refractivity contribution in [3.63, 3.8) is 0 Å². The van der Waals surface area contributed by atoms with Crippen molar-refractivity contribution in [1.29, 1.82) is 0 Å². The van der Waals surface area contributed by atoms with Crippen molar-refractivity contribution in [2.24, 2.45) is 23.7 Å². The second-order valence-electron chi connectivity index (χ2n) is 9.49. The van der Waals surface area contributed by atoms with Crippen LogP contribution in [0.25, 0.3) is 0 Å². The smallest absolute Gasteiger partial charge is 0.115 e. The monoisotopic (exact) mass is 340 g/mol. The summed E-state index contributed by atoms with van der Waals surface area (Å²) in [7, 11) is 0. The van der Waals surface area contributed by atoms with E-state index >= 15 is 0 Å². The highest BCUT2D eigenvalue weighted by molar-refractivity contribution is 5.42. The summed E-state index contributed by atoms with van der Waals surface area (Å²) >= 11 is 0. The van der Waals surface area contributed by atoms with Crippen LogP contribution in [-0.4, -0.2) is 27.5 Å². The molecule has 3 saturated carbocycles. The highest BCUT2D eigenvalue weighted by Crippen LogP contribution is 2.77. The molecule has 4 fully saturated rings. The molecule has 5 aliphatic rings. The van der Waals surface area contributed by atoms with Gasteiger partial charge >= 0.3 is 0 Å². The van der Waals surface area contributed by atoms with Crippen LogP contribution in [0.5, 0.6) is 5.75 Å². The largest absolute Gasteiger partial charge is 0.508 e. The molecule has 4 aliphatic carbocycles. The van der Waals surface area contributed by atoms with Gasteiger partial charge in [-0.25, -0.2) is 0 Å². The Balaban J connectivity index is 1.42. The summed E-state index contributed by atoms with van der Waals surface area (Å²) in [5.41, 5.74) is 3.01. The molecule has 3 heteroatoms. The topological polar surface area (TPSA) is 53.0 Å². The Morgan fingerprint density at radius 3 is 2.96 bits per heavy atom. The molecule has 0 amide bonds. The third kappa shape index (κ3) is 1.66. The summed E-state index contributed by atoms with van der Waals surface area (Å²) in [6.07, 6.45) is 7.65. The van der Waals surface area contributed by atoms with Gasteiger partial charge in [-0.15, -0.1) is 0 Å². The third-order valence-electron chi connectivity index (χ3n) is 8.76. The zero-order valence-electron chi connectivity index (χ0n) is 14.9. The fraction of sp³-hybridized carbons (Fsp3) is 0.727. The first-order valence-electron chi connectivity index (χ1n) is 10.3. The van der Waals surface area contributed by atoms with E-state index in [1.807, 2.05) is 12.1 Å². The van der Waals surface area contributed by atoms with Crippen LogP contribution in [0.1, 0.15) is 62.5 Å². The Morgan fingerprint density at radius 1 is 1.24 bits per heavy atom. The first kappa shape index (κ1) is 15.0. The number of benzene rings is 1. The molecule has 1 aromatic rings. The van der Waals surface area contributed by atoms with E-state index in [0.29, 0.717) is 29.4 Å². The Hall–Kier alpha value is -1.06.